The first kappa shape index (κ1) is 13.6. The molecular formula is C12H11NO5. The molecule has 0 spiro atoms. The average Bonchev–Trinajstić information content (AvgIpc) is 2.40. The monoisotopic (exact) mass is 249 g/mol. The number of aliphatic hydroxyl groups is 1. The highest BCUT2D eigenvalue weighted by molar-refractivity contribution is 6.41. The fraction of sp³-hybridized carbons (Fsp3) is 0.167. The Bertz CT molecular complexity index is 492. The van der Waals surface area contributed by atoms with Crippen molar-refractivity contribution < 1.29 is 19.4 Å². The number of Topliss-reactive ketones (excluding diaryl/α,β-unsaturated/α-hetero) is 1. The van der Waals surface area contributed by atoms with Gasteiger partial charge in [-0.05, 0) is 12.1 Å². The van der Waals surface area contributed by atoms with Crippen molar-refractivity contribution in [2.24, 2.45) is 5.18 Å². The number of hydrogen-bond acceptors (Lipinski definition) is 6. The summed E-state index contributed by atoms with van der Waals surface area (Å²) in [7, 11) is 0. The third-order valence-corrected chi connectivity index (χ3v) is 2.04. The summed E-state index contributed by atoms with van der Waals surface area (Å²) in [5.41, 5.74) is -0.649. The zero-order valence-electron chi connectivity index (χ0n) is 9.62. The zero-order chi connectivity index (χ0) is 13.5. The van der Waals surface area contributed by atoms with Gasteiger partial charge in [0.1, 0.15) is 0 Å². The molecule has 0 aliphatic rings. The Balaban J connectivity index is 3.12. The first-order valence-electron chi connectivity index (χ1n) is 5.15. The fourth-order valence-corrected chi connectivity index (χ4v) is 1.22. The van der Waals surface area contributed by atoms with Crippen LogP contribution >= 0.6 is 0 Å². The lowest BCUT2D eigenvalue weighted by atomic mass is 10.1. The molecule has 1 N–H and O–H groups in total. The third-order valence-electron chi connectivity index (χ3n) is 2.04. The molecule has 0 unspecified atom stereocenters. The standard InChI is InChI=1S/C12H11NO5/c1-2-18-12(16)11(15)9(13-17)10(14)8-6-4-3-5-7-8/h3-7,14H,2H2,1H3/b10-9+. The van der Waals surface area contributed by atoms with Gasteiger partial charge in [-0.3, -0.25) is 4.79 Å². The van der Waals surface area contributed by atoms with E-state index in [1.165, 1.54) is 19.1 Å². The normalized spacial score (nSPS) is 11.4. The fourth-order valence-electron chi connectivity index (χ4n) is 1.22. The highest BCUT2D eigenvalue weighted by Crippen LogP contribution is 2.17. The second-order valence-corrected chi connectivity index (χ2v) is 3.20. The molecular weight excluding hydrogens is 238 g/mol. The number of carbonyl (C=O) groups excluding carboxylic acids is 2. The highest BCUT2D eigenvalue weighted by Gasteiger charge is 2.25. The number of hydrogen-bond donors (Lipinski definition) is 1. The smallest absolute Gasteiger partial charge is 0.381 e. The van der Waals surface area contributed by atoms with E-state index in [2.05, 4.69) is 9.91 Å². The minimum Gasteiger partial charge on any atom is -0.505 e. The van der Waals surface area contributed by atoms with Gasteiger partial charge in [-0.25, -0.2) is 4.79 Å². The summed E-state index contributed by atoms with van der Waals surface area (Å²) >= 11 is 0. The number of aliphatic hydroxyl groups excluding tert-OH is 1. The van der Waals surface area contributed by atoms with E-state index in [0.29, 0.717) is 0 Å². The maximum absolute atomic E-state index is 11.5. The van der Waals surface area contributed by atoms with E-state index in [1.807, 2.05) is 0 Å². The number of benzene rings is 1. The van der Waals surface area contributed by atoms with Gasteiger partial charge in [-0.15, -0.1) is 4.91 Å². The van der Waals surface area contributed by atoms with Crippen LogP contribution < -0.4 is 0 Å². The Morgan fingerprint density at radius 3 is 2.39 bits per heavy atom. The van der Waals surface area contributed by atoms with Crippen LogP contribution in [0.15, 0.2) is 41.2 Å². The zero-order valence-corrected chi connectivity index (χ0v) is 9.62. The minimum absolute atomic E-state index is 0.0111. The molecule has 0 amide bonds. The molecule has 0 aromatic heterocycles. The van der Waals surface area contributed by atoms with Crippen LogP contribution in [0.5, 0.6) is 0 Å². The largest absolute Gasteiger partial charge is 0.505 e. The van der Waals surface area contributed by atoms with Crippen LogP contribution in [-0.2, 0) is 14.3 Å². The Morgan fingerprint density at radius 1 is 1.28 bits per heavy atom. The lowest BCUT2D eigenvalue weighted by Gasteiger charge is -2.03. The molecule has 0 aliphatic carbocycles. The molecule has 0 bridgehead atoms. The van der Waals surface area contributed by atoms with Crippen molar-refractivity contribution in [2.45, 2.75) is 6.92 Å². The van der Waals surface area contributed by atoms with Crippen LogP contribution in [0.25, 0.3) is 5.76 Å². The van der Waals surface area contributed by atoms with Gasteiger partial charge >= 0.3 is 5.97 Å². The molecule has 0 saturated carbocycles. The van der Waals surface area contributed by atoms with E-state index in [0.717, 1.165) is 0 Å². The number of rotatable bonds is 5. The summed E-state index contributed by atoms with van der Waals surface area (Å²) in [5, 5.41) is 12.1. The van der Waals surface area contributed by atoms with E-state index >= 15 is 0 Å². The summed E-state index contributed by atoms with van der Waals surface area (Å²) in [6, 6.07) is 7.83. The van der Waals surface area contributed by atoms with Gasteiger partial charge in [0.25, 0.3) is 5.78 Å². The summed E-state index contributed by atoms with van der Waals surface area (Å²) < 4.78 is 4.44. The number of carbonyl (C=O) groups is 2. The molecule has 94 valence electrons. The lowest BCUT2D eigenvalue weighted by Crippen LogP contribution is -2.19. The molecule has 0 fully saturated rings. The van der Waals surface area contributed by atoms with E-state index < -0.39 is 23.2 Å². The van der Waals surface area contributed by atoms with Crippen LogP contribution in [0.1, 0.15) is 12.5 Å². The molecule has 0 radical (unpaired) electrons. The Labute approximate surface area is 103 Å². The van der Waals surface area contributed by atoms with Gasteiger partial charge in [0, 0.05) is 5.56 Å². The van der Waals surface area contributed by atoms with Crippen LogP contribution in [0.2, 0.25) is 0 Å². The van der Waals surface area contributed by atoms with Crippen molar-refractivity contribution in [3.05, 3.63) is 46.5 Å². The molecule has 0 saturated heterocycles. The van der Waals surface area contributed by atoms with Gasteiger partial charge in [0.15, 0.2) is 5.76 Å². The van der Waals surface area contributed by atoms with Gasteiger partial charge in [0.2, 0.25) is 5.70 Å². The molecule has 6 heteroatoms. The molecule has 1 aromatic rings. The third kappa shape index (κ3) is 3.00. The first-order chi connectivity index (χ1) is 8.61. The van der Waals surface area contributed by atoms with Crippen molar-refractivity contribution in [1.82, 2.24) is 0 Å². The van der Waals surface area contributed by atoms with Crippen molar-refractivity contribution in [3.63, 3.8) is 0 Å². The number of ether oxygens (including phenoxy) is 1. The van der Waals surface area contributed by atoms with Crippen LogP contribution in [0.4, 0.5) is 0 Å². The summed E-state index contributed by atoms with van der Waals surface area (Å²) in [5.74, 6) is -3.15. The van der Waals surface area contributed by atoms with Crippen molar-refractivity contribution in [1.29, 1.82) is 0 Å². The van der Waals surface area contributed by atoms with Gasteiger partial charge < -0.3 is 9.84 Å². The molecule has 0 heterocycles. The number of ketones is 1. The van der Waals surface area contributed by atoms with Gasteiger partial charge in [-0.1, -0.05) is 30.3 Å². The SMILES string of the molecule is CCOC(=O)C(=O)/C(N=O)=C(\O)c1ccccc1. The van der Waals surface area contributed by atoms with Gasteiger partial charge in [0.05, 0.1) is 6.61 Å². The quantitative estimate of drug-likeness (QED) is 0.282. The molecule has 1 rings (SSSR count). The van der Waals surface area contributed by atoms with Crippen LogP contribution in [0.3, 0.4) is 0 Å². The van der Waals surface area contributed by atoms with E-state index in [1.54, 1.807) is 18.2 Å². The molecule has 0 atom stereocenters. The van der Waals surface area contributed by atoms with Crippen molar-refractivity contribution >= 4 is 17.5 Å². The van der Waals surface area contributed by atoms with Crippen molar-refractivity contribution in [2.75, 3.05) is 6.61 Å². The minimum atomic E-state index is -1.27. The maximum Gasteiger partial charge on any atom is 0.381 e. The van der Waals surface area contributed by atoms with Crippen LogP contribution in [-0.4, -0.2) is 23.5 Å². The average molecular weight is 249 g/mol. The van der Waals surface area contributed by atoms with Crippen molar-refractivity contribution in [3.8, 4) is 0 Å². The van der Waals surface area contributed by atoms with Gasteiger partial charge in [-0.2, -0.15) is 0 Å². The lowest BCUT2D eigenvalue weighted by molar-refractivity contribution is -0.151. The second-order valence-electron chi connectivity index (χ2n) is 3.20. The number of esters is 1. The van der Waals surface area contributed by atoms with E-state index in [9.17, 15) is 19.6 Å². The Hall–Kier alpha value is -2.50. The topological polar surface area (TPSA) is 93.0 Å². The van der Waals surface area contributed by atoms with E-state index in [-0.39, 0.29) is 12.2 Å². The second kappa shape index (κ2) is 6.29. The predicted molar refractivity (Wildman–Crippen MR) is 63.4 cm³/mol. The summed E-state index contributed by atoms with van der Waals surface area (Å²) in [6.45, 7) is 1.50. The Morgan fingerprint density at radius 2 is 1.89 bits per heavy atom. The number of nitrogens with zero attached hydrogens (tertiary/aromatic N) is 1. The highest BCUT2D eigenvalue weighted by atomic mass is 16.5. The Kier molecular flexibility index (Phi) is 4.74. The molecule has 18 heavy (non-hydrogen) atoms. The predicted octanol–water partition coefficient (Wildman–Crippen LogP) is 1.81. The maximum atomic E-state index is 11.5. The summed E-state index contributed by atoms with van der Waals surface area (Å²) in [6.07, 6.45) is 0. The van der Waals surface area contributed by atoms with E-state index in [4.69, 9.17) is 0 Å². The van der Waals surface area contributed by atoms with Crippen LogP contribution in [0, 0.1) is 4.91 Å². The number of nitroso groups, excluding NO2 is 1. The molecule has 0 aliphatic heterocycles. The summed E-state index contributed by atoms with van der Waals surface area (Å²) in [4.78, 5) is 33.2. The molecule has 6 nitrogen and oxygen atoms in total. The molecule has 1 aromatic carbocycles. The first-order valence-corrected chi connectivity index (χ1v) is 5.15.